The summed E-state index contributed by atoms with van der Waals surface area (Å²) in [6.07, 6.45) is 17.6. The number of benzene rings is 7. The van der Waals surface area contributed by atoms with E-state index in [1.165, 1.54) is 77.4 Å². The van der Waals surface area contributed by atoms with Gasteiger partial charge in [-0.1, -0.05) is 153 Å². The van der Waals surface area contributed by atoms with Gasteiger partial charge in [0.1, 0.15) is 0 Å². The molecule has 57 heavy (non-hydrogen) atoms. The minimum Gasteiger partial charge on any atom is -0.310 e. The van der Waals surface area contributed by atoms with Gasteiger partial charge in [-0.3, -0.25) is 0 Å². The van der Waals surface area contributed by atoms with Crippen molar-refractivity contribution < 1.29 is 0 Å². The number of hydrogen-bond donors (Lipinski definition) is 0. The number of fused-ring (bicyclic) bond motifs is 9. The van der Waals surface area contributed by atoms with E-state index in [2.05, 4.69) is 217 Å². The predicted octanol–water partition coefficient (Wildman–Crippen LogP) is 14.6. The Morgan fingerprint density at radius 3 is 2.26 bits per heavy atom. The van der Waals surface area contributed by atoms with Gasteiger partial charge in [-0.05, 0) is 105 Å². The molecule has 4 aliphatic carbocycles. The van der Waals surface area contributed by atoms with Crippen molar-refractivity contribution in [2.45, 2.75) is 19.3 Å². The van der Waals surface area contributed by atoms with Gasteiger partial charge in [-0.15, -0.1) is 0 Å². The fourth-order valence-corrected chi connectivity index (χ4v) is 10.6. The van der Waals surface area contributed by atoms with Gasteiger partial charge in [0.05, 0.1) is 16.7 Å². The van der Waals surface area contributed by atoms with Crippen molar-refractivity contribution in [1.29, 1.82) is 0 Å². The van der Waals surface area contributed by atoms with Crippen LogP contribution >= 0.6 is 0 Å². The molecule has 0 fully saturated rings. The smallest absolute Gasteiger partial charge is 0.0542 e. The van der Waals surface area contributed by atoms with E-state index in [1.54, 1.807) is 5.57 Å². The van der Waals surface area contributed by atoms with Crippen LogP contribution in [0.4, 0.5) is 17.1 Å². The lowest BCUT2D eigenvalue weighted by Crippen LogP contribution is -2.31. The molecule has 0 spiro atoms. The van der Waals surface area contributed by atoms with Crippen molar-refractivity contribution in [1.82, 2.24) is 4.57 Å². The number of anilines is 3. The molecule has 2 unspecified atom stereocenters. The van der Waals surface area contributed by atoms with Gasteiger partial charge in [0.25, 0.3) is 0 Å². The first-order chi connectivity index (χ1) is 28.1. The molecule has 8 aromatic rings. The van der Waals surface area contributed by atoms with Crippen molar-refractivity contribution in [3.05, 3.63) is 223 Å². The maximum Gasteiger partial charge on any atom is 0.0542 e. The summed E-state index contributed by atoms with van der Waals surface area (Å²) >= 11 is 0. The fourth-order valence-electron chi connectivity index (χ4n) is 10.6. The number of aromatic nitrogens is 1. The molecule has 3 atom stereocenters. The molecule has 4 aliphatic rings. The summed E-state index contributed by atoms with van der Waals surface area (Å²) in [5.74, 6) is 0.727. The summed E-state index contributed by atoms with van der Waals surface area (Å²) in [6.45, 7) is 2.45. The van der Waals surface area contributed by atoms with E-state index in [1.807, 2.05) is 0 Å². The van der Waals surface area contributed by atoms with E-state index in [0.29, 0.717) is 11.8 Å². The third kappa shape index (κ3) is 4.83. The van der Waals surface area contributed by atoms with Crippen LogP contribution in [0.1, 0.15) is 30.4 Å². The van der Waals surface area contributed by atoms with Crippen molar-refractivity contribution in [2.24, 2.45) is 11.3 Å². The van der Waals surface area contributed by atoms with Crippen LogP contribution in [0.25, 0.3) is 55.0 Å². The summed E-state index contributed by atoms with van der Waals surface area (Å²) in [7, 11) is 0. The van der Waals surface area contributed by atoms with Crippen molar-refractivity contribution in [2.75, 3.05) is 4.90 Å². The Bertz CT molecular complexity index is 3130. The Labute approximate surface area is 333 Å². The molecule has 2 heteroatoms. The number of hydrogen-bond acceptors (Lipinski definition) is 1. The van der Waals surface area contributed by atoms with Gasteiger partial charge in [0, 0.05) is 50.6 Å². The molecule has 0 N–H and O–H groups in total. The fraction of sp³-hybridized carbons (Fsp3) is 0.0909. The summed E-state index contributed by atoms with van der Waals surface area (Å²) in [6, 6.07) is 58.3. The van der Waals surface area contributed by atoms with Crippen LogP contribution in [0, 0.1) is 11.3 Å². The maximum atomic E-state index is 2.56. The minimum absolute atomic E-state index is 0.0195. The zero-order valence-electron chi connectivity index (χ0n) is 31.8. The molecule has 12 rings (SSSR count). The first-order valence-electron chi connectivity index (χ1n) is 20.2. The number of allylic oxidation sites excluding steroid dienone is 10. The zero-order chi connectivity index (χ0) is 37.7. The van der Waals surface area contributed by atoms with Gasteiger partial charge in [-0.25, -0.2) is 0 Å². The quantitative estimate of drug-likeness (QED) is 0.171. The lowest BCUT2D eigenvalue weighted by Gasteiger charge is -2.43. The SMILES string of the molecule is C[C@]12C=C3C=CC=CC3C3C1=C(C=CC2)c1cc(N(c2ccc4ccccc4c2)c2ccc4c(c2)c2ccccc2n4-c2ccccc2-c2ccccc2)ccc13. The maximum absolute atomic E-state index is 2.56. The Morgan fingerprint density at radius 2 is 1.33 bits per heavy atom. The van der Waals surface area contributed by atoms with Crippen molar-refractivity contribution in [3.8, 4) is 16.8 Å². The lowest BCUT2D eigenvalue weighted by molar-refractivity contribution is 0.427. The van der Waals surface area contributed by atoms with E-state index >= 15 is 0 Å². The summed E-state index contributed by atoms with van der Waals surface area (Å²) in [4.78, 5) is 2.47. The second kappa shape index (κ2) is 12.3. The molecule has 2 nitrogen and oxygen atoms in total. The standard InChI is InChI=1S/C55H40N2/c1-55-31-13-22-47-48-33-41(27-29-46(48)53(54(47)55)44-20-8-7-18-39(44)35-55)56(40-26-25-36-14-5-6-17-38(36)32-40)42-28-30-52-49(34-42)45-21-10-12-24-51(45)57(52)50-23-11-9-19-43(50)37-15-3-2-4-16-37/h2-30,32-35,44,53H,31H2,1H3/t44?,53?,55-/m0/s1. The van der Waals surface area contributed by atoms with E-state index in [4.69, 9.17) is 0 Å². The van der Waals surface area contributed by atoms with Gasteiger partial charge in [0.15, 0.2) is 0 Å². The Balaban J connectivity index is 1.07. The molecule has 0 bridgehead atoms. The Hall–Kier alpha value is -6.90. The lowest BCUT2D eigenvalue weighted by atomic mass is 9.60. The highest BCUT2D eigenvalue weighted by Gasteiger charge is 2.48. The second-order valence-corrected chi connectivity index (χ2v) is 16.3. The van der Waals surface area contributed by atoms with Gasteiger partial charge >= 0.3 is 0 Å². The molecule has 0 saturated heterocycles. The molecule has 0 saturated carbocycles. The average molecular weight is 729 g/mol. The number of para-hydroxylation sites is 2. The summed E-state index contributed by atoms with van der Waals surface area (Å²) in [5, 5.41) is 4.95. The third-order valence-electron chi connectivity index (χ3n) is 13.0. The number of rotatable bonds is 5. The first-order valence-corrected chi connectivity index (χ1v) is 20.2. The summed E-state index contributed by atoms with van der Waals surface area (Å²) in [5.41, 5.74) is 16.7. The monoisotopic (exact) mass is 728 g/mol. The van der Waals surface area contributed by atoms with E-state index in [9.17, 15) is 0 Å². The largest absolute Gasteiger partial charge is 0.310 e. The van der Waals surface area contributed by atoms with Crippen LogP contribution in [0.5, 0.6) is 0 Å². The predicted molar refractivity (Wildman–Crippen MR) is 240 cm³/mol. The van der Waals surface area contributed by atoms with Gasteiger partial charge in [0.2, 0.25) is 0 Å². The molecule has 0 radical (unpaired) electrons. The van der Waals surface area contributed by atoms with Crippen LogP contribution in [0.3, 0.4) is 0 Å². The molecule has 0 aliphatic heterocycles. The van der Waals surface area contributed by atoms with Crippen molar-refractivity contribution >= 4 is 55.2 Å². The van der Waals surface area contributed by atoms with Crippen LogP contribution in [0.15, 0.2) is 211 Å². The summed E-state index contributed by atoms with van der Waals surface area (Å²) < 4.78 is 2.45. The van der Waals surface area contributed by atoms with Crippen LogP contribution < -0.4 is 4.90 Å². The molecular weight excluding hydrogens is 689 g/mol. The third-order valence-corrected chi connectivity index (χ3v) is 13.0. The molecule has 1 heterocycles. The highest BCUT2D eigenvalue weighted by Crippen LogP contribution is 2.62. The molecule has 0 amide bonds. The van der Waals surface area contributed by atoms with E-state index < -0.39 is 0 Å². The highest BCUT2D eigenvalue weighted by atomic mass is 15.1. The molecule has 1 aromatic heterocycles. The second-order valence-electron chi connectivity index (χ2n) is 16.3. The normalized spacial score (nSPS) is 20.2. The Morgan fingerprint density at radius 1 is 0.596 bits per heavy atom. The average Bonchev–Trinajstić information content (AvgIpc) is 3.78. The first kappa shape index (κ1) is 32.4. The Kier molecular flexibility index (Phi) is 6.98. The van der Waals surface area contributed by atoms with Gasteiger partial charge in [-0.2, -0.15) is 0 Å². The zero-order valence-corrected chi connectivity index (χ0v) is 31.8. The topological polar surface area (TPSA) is 8.17 Å². The van der Waals surface area contributed by atoms with E-state index in [0.717, 1.165) is 17.8 Å². The van der Waals surface area contributed by atoms with Crippen molar-refractivity contribution in [3.63, 3.8) is 0 Å². The molecule has 270 valence electrons. The van der Waals surface area contributed by atoms with Crippen LogP contribution in [-0.2, 0) is 0 Å². The number of nitrogens with zero attached hydrogens (tertiary/aromatic N) is 2. The highest BCUT2D eigenvalue weighted by molar-refractivity contribution is 6.11. The van der Waals surface area contributed by atoms with Crippen LogP contribution in [0.2, 0.25) is 0 Å². The van der Waals surface area contributed by atoms with Gasteiger partial charge < -0.3 is 9.47 Å². The van der Waals surface area contributed by atoms with Crippen LogP contribution in [-0.4, -0.2) is 4.57 Å². The molecular formula is C55H40N2. The van der Waals surface area contributed by atoms with E-state index in [-0.39, 0.29) is 5.41 Å². The minimum atomic E-state index is 0.0195. The molecule has 7 aromatic carbocycles.